The number of benzene rings is 1. The van der Waals surface area contributed by atoms with Gasteiger partial charge in [0.25, 0.3) is 0 Å². The van der Waals surface area contributed by atoms with Gasteiger partial charge >= 0.3 is 13.5 Å². The molecule has 22 heavy (non-hydrogen) atoms. The molecule has 0 aliphatic carbocycles. The summed E-state index contributed by atoms with van der Waals surface area (Å²) in [6, 6.07) is 5.98. The Morgan fingerprint density at radius 3 is 2.59 bits per heavy atom. The molecule has 0 fully saturated rings. The molecule has 1 radical (unpaired) electrons. The first-order chi connectivity index (χ1) is 10.3. The largest absolute Gasteiger partial charge is 0.463 e. The molecule has 119 valence electrons. The third-order valence-corrected chi connectivity index (χ3v) is 3.87. The summed E-state index contributed by atoms with van der Waals surface area (Å²) in [7, 11) is 1.81. The maximum atomic E-state index is 11.3. The minimum atomic E-state index is -0.321. The van der Waals surface area contributed by atoms with Crippen molar-refractivity contribution in [3.8, 4) is 0 Å². The Morgan fingerprint density at radius 1 is 1.36 bits per heavy atom. The second-order valence-corrected chi connectivity index (χ2v) is 6.20. The average Bonchev–Trinajstić information content (AvgIpc) is 2.44. The Balaban J connectivity index is 2.72. The normalized spacial score (nSPS) is 12.0. The molecule has 0 aliphatic rings. The molecule has 1 aromatic rings. The highest BCUT2D eigenvalue weighted by Gasteiger charge is 2.23. The van der Waals surface area contributed by atoms with Gasteiger partial charge in [-0.1, -0.05) is 43.1 Å². The third kappa shape index (κ3) is 5.68. The molecule has 0 amide bonds. The number of ether oxygens (including phenoxy) is 1. The van der Waals surface area contributed by atoms with Crippen molar-refractivity contribution in [3.05, 3.63) is 35.4 Å². The van der Waals surface area contributed by atoms with Crippen LogP contribution in [0.15, 0.2) is 24.3 Å². The summed E-state index contributed by atoms with van der Waals surface area (Å²) in [4.78, 5) is 11.3. The van der Waals surface area contributed by atoms with Crippen molar-refractivity contribution in [1.29, 1.82) is 0 Å². The van der Waals surface area contributed by atoms with E-state index in [0.717, 1.165) is 16.6 Å². The predicted molar refractivity (Wildman–Crippen MR) is 92.2 cm³/mol. The molecule has 0 saturated heterocycles. The first kappa shape index (κ1) is 18.5. The predicted octanol–water partition coefficient (Wildman–Crippen LogP) is 3.27. The van der Waals surface area contributed by atoms with Gasteiger partial charge in [-0.15, -0.1) is 0 Å². The standard InChI is InChI=1S/C18H26BO3/c1-7-21-17(20)11-9-15-8-10-16(14(4)12-15)19-22-18(5,6)13(2)3/h8-13H,7H2,1-6H3/b11-9+. The summed E-state index contributed by atoms with van der Waals surface area (Å²) in [5.41, 5.74) is 2.91. The van der Waals surface area contributed by atoms with Crippen molar-refractivity contribution in [1.82, 2.24) is 0 Å². The molecule has 1 aromatic carbocycles. The van der Waals surface area contributed by atoms with E-state index in [1.54, 1.807) is 13.0 Å². The van der Waals surface area contributed by atoms with Crippen LogP contribution in [0.4, 0.5) is 0 Å². The van der Waals surface area contributed by atoms with Crippen molar-refractivity contribution in [3.63, 3.8) is 0 Å². The fourth-order valence-corrected chi connectivity index (χ4v) is 1.64. The zero-order valence-electron chi connectivity index (χ0n) is 14.5. The van der Waals surface area contributed by atoms with Gasteiger partial charge in [-0.2, -0.15) is 0 Å². The fourth-order valence-electron chi connectivity index (χ4n) is 1.64. The van der Waals surface area contributed by atoms with E-state index in [4.69, 9.17) is 9.39 Å². The summed E-state index contributed by atoms with van der Waals surface area (Å²) >= 11 is 0. The Kier molecular flexibility index (Phi) is 6.88. The summed E-state index contributed by atoms with van der Waals surface area (Å²) in [6.07, 6.45) is 3.20. The van der Waals surface area contributed by atoms with Crippen molar-refractivity contribution in [2.24, 2.45) is 5.92 Å². The SMILES string of the molecule is CCOC(=O)/C=C/c1ccc([B]OC(C)(C)C(C)C)c(C)c1. The zero-order chi connectivity index (χ0) is 16.8. The molecule has 3 nitrogen and oxygen atoms in total. The lowest BCUT2D eigenvalue weighted by Crippen LogP contribution is -2.36. The monoisotopic (exact) mass is 301 g/mol. The van der Waals surface area contributed by atoms with Gasteiger partial charge in [0.05, 0.1) is 6.61 Å². The molecule has 0 heterocycles. The molecular formula is C18H26BO3. The smallest absolute Gasteiger partial charge is 0.331 e. The molecule has 0 atom stereocenters. The number of hydrogen-bond donors (Lipinski definition) is 0. The summed E-state index contributed by atoms with van der Waals surface area (Å²) < 4.78 is 10.8. The van der Waals surface area contributed by atoms with Gasteiger partial charge in [0.15, 0.2) is 0 Å². The van der Waals surface area contributed by atoms with Gasteiger partial charge in [-0.05, 0) is 45.3 Å². The first-order valence-electron chi connectivity index (χ1n) is 7.72. The van der Waals surface area contributed by atoms with E-state index in [2.05, 4.69) is 27.7 Å². The van der Waals surface area contributed by atoms with Gasteiger partial charge in [-0.25, -0.2) is 4.79 Å². The van der Waals surface area contributed by atoms with Crippen molar-refractivity contribution >= 4 is 25.0 Å². The van der Waals surface area contributed by atoms with Crippen LogP contribution in [0.3, 0.4) is 0 Å². The number of aryl methyl sites for hydroxylation is 1. The topological polar surface area (TPSA) is 35.5 Å². The first-order valence-corrected chi connectivity index (χ1v) is 7.72. The van der Waals surface area contributed by atoms with Crippen molar-refractivity contribution < 1.29 is 14.2 Å². The van der Waals surface area contributed by atoms with Crippen LogP contribution < -0.4 is 5.46 Å². The molecule has 1 rings (SSSR count). The van der Waals surface area contributed by atoms with Crippen LogP contribution in [0.5, 0.6) is 0 Å². The van der Waals surface area contributed by atoms with E-state index in [9.17, 15) is 4.79 Å². The Morgan fingerprint density at radius 2 is 2.05 bits per heavy atom. The second-order valence-electron chi connectivity index (χ2n) is 6.20. The number of hydrogen-bond acceptors (Lipinski definition) is 3. The van der Waals surface area contributed by atoms with Crippen molar-refractivity contribution in [2.75, 3.05) is 6.61 Å². The highest BCUT2D eigenvalue weighted by Crippen LogP contribution is 2.19. The van der Waals surface area contributed by atoms with Crippen LogP contribution in [-0.2, 0) is 14.2 Å². The Labute approximate surface area is 135 Å². The maximum Gasteiger partial charge on any atom is 0.331 e. The van der Waals surface area contributed by atoms with Gasteiger partial charge in [0, 0.05) is 11.7 Å². The molecular weight excluding hydrogens is 275 g/mol. The van der Waals surface area contributed by atoms with E-state index in [-0.39, 0.29) is 11.6 Å². The highest BCUT2D eigenvalue weighted by atomic mass is 16.5. The van der Waals surface area contributed by atoms with Crippen molar-refractivity contribution in [2.45, 2.75) is 47.1 Å². The average molecular weight is 301 g/mol. The lowest BCUT2D eigenvalue weighted by Gasteiger charge is -2.30. The van der Waals surface area contributed by atoms with E-state index in [0.29, 0.717) is 12.5 Å². The molecule has 0 aliphatic heterocycles. The molecule has 4 heteroatoms. The number of carbonyl (C=O) groups excluding carboxylic acids is 1. The van der Waals surface area contributed by atoms with E-state index in [1.807, 2.05) is 32.6 Å². The molecule has 0 aromatic heterocycles. The molecule has 0 unspecified atom stereocenters. The van der Waals surface area contributed by atoms with E-state index >= 15 is 0 Å². The summed E-state index contributed by atoms with van der Waals surface area (Å²) in [6.45, 7) is 12.7. The minimum absolute atomic E-state index is 0.199. The summed E-state index contributed by atoms with van der Waals surface area (Å²) in [5, 5.41) is 0. The summed E-state index contributed by atoms with van der Waals surface area (Å²) in [5.74, 6) is 0.105. The van der Waals surface area contributed by atoms with Crippen LogP contribution in [0.25, 0.3) is 6.08 Å². The molecule has 0 spiro atoms. The number of carbonyl (C=O) groups is 1. The van der Waals surface area contributed by atoms with Crippen LogP contribution in [0.1, 0.15) is 45.7 Å². The lowest BCUT2D eigenvalue weighted by molar-refractivity contribution is -0.137. The van der Waals surface area contributed by atoms with Crippen LogP contribution in [-0.4, -0.2) is 25.7 Å². The molecule has 0 bridgehead atoms. The van der Waals surface area contributed by atoms with Gasteiger partial charge in [-0.3, -0.25) is 0 Å². The number of rotatable bonds is 7. The van der Waals surface area contributed by atoms with Gasteiger partial charge < -0.3 is 9.39 Å². The minimum Gasteiger partial charge on any atom is -0.463 e. The second kappa shape index (κ2) is 8.18. The van der Waals surface area contributed by atoms with Crippen LogP contribution in [0.2, 0.25) is 0 Å². The quantitative estimate of drug-likeness (QED) is 0.440. The molecule has 0 N–H and O–H groups in total. The Bertz CT molecular complexity index is 533. The van der Waals surface area contributed by atoms with E-state index in [1.165, 1.54) is 6.08 Å². The molecule has 0 saturated carbocycles. The Hall–Kier alpha value is -1.55. The fraction of sp³-hybridized carbons (Fsp3) is 0.500. The van der Waals surface area contributed by atoms with Gasteiger partial charge in [0.2, 0.25) is 0 Å². The lowest BCUT2D eigenvalue weighted by atomic mass is 9.81. The number of esters is 1. The van der Waals surface area contributed by atoms with Gasteiger partial charge in [0.1, 0.15) is 0 Å². The highest BCUT2D eigenvalue weighted by molar-refractivity contribution is 6.47. The zero-order valence-corrected chi connectivity index (χ0v) is 14.5. The third-order valence-electron chi connectivity index (χ3n) is 3.87. The van der Waals surface area contributed by atoms with Crippen LogP contribution in [0, 0.1) is 12.8 Å². The maximum absolute atomic E-state index is 11.3. The van der Waals surface area contributed by atoms with Crippen LogP contribution >= 0.6 is 0 Å². The van der Waals surface area contributed by atoms with E-state index < -0.39 is 0 Å².